The van der Waals surface area contributed by atoms with E-state index in [9.17, 15) is 0 Å². The summed E-state index contributed by atoms with van der Waals surface area (Å²) in [6.45, 7) is 5.12. The van der Waals surface area contributed by atoms with Gasteiger partial charge in [-0.3, -0.25) is 0 Å². The third-order valence-electron chi connectivity index (χ3n) is 2.39. The molecule has 1 aromatic rings. The first-order valence-corrected chi connectivity index (χ1v) is 4.98. The Balaban J connectivity index is 2.84. The van der Waals surface area contributed by atoms with Crippen LogP contribution in [0.1, 0.15) is 22.7 Å². The largest absolute Gasteiger partial charge is 0.323 e. The first-order valence-electron chi connectivity index (χ1n) is 4.98. The van der Waals surface area contributed by atoms with Gasteiger partial charge in [-0.15, -0.1) is 0 Å². The minimum atomic E-state index is 0.116. The van der Waals surface area contributed by atoms with Gasteiger partial charge in [0.2, 0.25) is 0 Å². The van der Waals surface area contributed by atoms with Crippen molar-refractivity contribution < 1.29 is 0 Å². The van der Waals surface area contributed by atoms with Crippen LogP contribution in [-0.4, -0.2) is 25.5 Å². The SMILES string of the molecule is Cc1ccc(C(N)CN(C)C)c(C)c1. The molecule has 2 heteroatoms. The first kappa shape index (κ1) is 11.2. The normalized spacial score (nSPS) is 13.3. The molecule has 0 amide bonds. The highest BCUT2D eigenvalue weighted by Crippen LogP contribution is 2.17. The molecule has 14 heavy (non-hydrogen) atoms. The second-order valence-electron chi connectivity index (χ2n) is 4.23. The van der Waals surface area contributed by atoms with Gasteiger partial charge in [0.15, 0.2) is 0 Å². The second-order valence-corrected chi connectivity index (χ2v) is 4.23. The van der Waals surface area contributed by atoms with Crippen LogP contribution >= 0.6 is 0 Å². The third-order valence-corrected chi connectivity index (χ3v) is 2.39. The zero-order valence-electron chi connectivity index (χ0n) is 9.54. The molecule has 0 radical (unpaired) electrons. The van der Waals surface area contributed by atoms with Crippen molar-refractivity contribution >= 4 is 0 Å². The summed E-state index contributed by atoms with van der Waals surface area (Å²) < 4.78 is 0. The van der Waals surface area contributed by atoms with E-state index in [0.29, 0.717) is 0 Å². The Bertz CT molecular complexity index is 305. The van der Waals surface area contributed by atoms with Gasteiger partial charge in [-0.25, -0.2) is 0 Å². The van der Waals surface area contributed by atoms with E-state index in [1.807, 2.05) is 14.1 Å². The monoisotopic (exact) mass is 192 g/mol. The maximum atomic E-state index is 6.11. The van der Waals surface area contributed by atoms with E-state index in [1.165, 1.54) is 16.7 Å². The standard InChI is InChI=1S/C12H20N2/c1-9-5-6-11(10(2)7-9)12(13)8-14(3)4/h5-7,12H,8,13H2,1-4H3. The highest BCUT2D eigenvalue weighted by atomic mass is 15.1. The molecule has 0 saturated carbocycles. The predicted octanol–water partition coefficient (Wildman–Crippen LogP) is 1.86. The molecule has 2 N–H and O–H groups in total. The minimum absolute atomic E-state index is 0.116. The van der Waals surface area contributed by atoms with Crippen molar-refractivity contribution in [2.45, 2.75) is 19.9 Å². The Morgan fingerprint density at radius 3 is 2.43 bits per heavy atom. The summed E-state index contributed by atoms with van der Waals surface area (Å²) in [5.41, 5.74) is 9.94. The second kappa shape index (κ2) is 4.58. The van der Waals surface area contributed by atoms with Crippen LogP contribution in [0.15, 0.2) is 18.2 Å². The summed E-state index contributed by atoms with van der Waals surface area (Å²) in [4.78, 5) is 2.12. The van der Waals surface area contributed by atoms with E-state index in [2.05, 4.69) is 36.9 Å². The number of likely N-dealkylation sites (N-methyl/N-ethyl adjacent to an activating group) is 1. The lowest BCUT2D eigenvalue weighted by Crippen LogP contribution is -2.26. The van der Waals surface area contributed by atoms with E-state index in [-0.39, 0.29) is 6.04 Å². The van der Waals surface area contributed by atoms with Gasteiger partial charge in [-0.05, 0) is 39.1 Å². The van der Waals surface area contributed by atoms with Crippen LogP contribution in [0.3, 0.4) is 0 Å². The van der Waals surface area contributed by atoms with Crippen LogP contribution in [0.5, 0.6) is 0 Å². The molecule has 78 valence electrons. The Morgan fingerprint density at radius 2 is 1.93 bits per heavy atom. The van der Waals surface area contributed by atoms with Crippen molar-refractivity contribution in [3.63, 3.8) is 0 Å². The molecule has 0 fully saturated rings. The molecule has 0 aliphatic carbocycles. The third kappa shape index (κ3) is 2.82. The van der Waals surface area contributed by atoms with E-state index in [1.54, 1.807) is 0 Å². The van der Waals surface area contributed by atoms with Crippen LogP contribution in [0.2, 0.25) is 0 Å². The number of hydrogen-bond acceptors (Lipinski definition) is 2. The fourth-order valence-corrected chi connectivity index (χ4v) is 1.73. The zero-order valence-corrected chi connectivity index (χ0v) is 9.54. The smallest absolute Gasteiger partial charge is 0.0426 e. The van der Waals surface area contributed by atoms with Crippen LogP contribution in [0, 0.1) is 13.8 Å². The number of rotatable bonds is 3. The molecule has 1 unspecified atom stereocenters. The van der Waals surface area contributed by atoms with Gasteiger partial charge in [0.25, 0.3) is 0 Å². The Labute approximate surface area is 86.7 Å². The highest BCUT2D eigenvalue weighted by molar-refractivity contribution is 5.32. The van der Waals surface area contributed by atoms with Crippen molar-refractivity contribution in [1.29, 1.82) is 0 Å². The molecule has 0 aromatic heterocycles. The molecule has 0 aliphatic heterocycles. The van der Waals surface area contributed by atoms with Crippen molar-refractivity contribution in [2.24, 2.45) is 5.73 Å². The van der Waals surface area contributed by atoms with Crippen LogP contribution < -0.4 is 5.73 Å². The zero-order chi connectivity index (χ0) is 10.7. The Hall–Kier alpha value is -0.860. The van der Waals surface area contributed by atoms with Crippen LogP contribution in [0.4, 0.5) is 0 Å². The molecule has 1 aromatic carbocycles. The quantitative estimate of drug-likeness (QED) is 0.792. The predicted molar refractivity (Wildman–Crippen MR) is 61.4 cm³/mol. The van der Waals surface area contributed by atoms with E-state index < -0.39 is 0 Å². The fraction of sp³-hybridized carbons (Fsp3) is 0.500. The van der Waals surface area contributed by atoms with Crippen molar-refractivity contribution in [2.75, 3.05) is 20.6 Å². The number of nitrogens with two attached hydrogens (primary N) is 1. The number of nitrogens with zero attached hydrogens (tertiary/aromatic N) is 1. The maximum Gasteiger partial charge on any atom is 0.0426 e. The fourth-order valence-electron chi connectivity index (χ4n) is 1.73. The molecular weight excluding hydrogens is 172 g/mol. The molecule has 0 spiro atoms. The van der Waals surface area contributed by atoms with E-state index in [4.69, 9.17) is 5.73 Å². The molecule has 0 saturated heterocycles. The summed E-state index contributed by atoms with van der Waals surface area (Å²) in [6, 6.07) is 6.56. The summed E-state index contributed by atoms with van der Waals surface area (Å²) in [5.74, 6) is 0. The summed E-state index contributed by atoms with van der Waals surface area (Å²) in [5, 5.41) is 0. The molecule has 1 atom stereocenters. The molecule has 1 rings (SSSR count). The summed E-state index contributed by atoms with van der Waals surface area (Å²) in [7, 11) is 4.09. The van der Waals surface area contributed by atoms with Gasteiger partial charge >= 0.3 is 0 Å². The van der Waals surface area contributed by atoms with E-state index >= 15 is 0 Å². The van der Waals surface area contributed by atoms with Gasteiger partial charge in [0, 0.05) is 12.6 Å². The Morgan fingerprint density at radius 1 is 1.29 bits per heavy atom. The summed E-state index contributed by atoms with van der Waals surface area (Å²) >= 11 is 0. The lowest BCUT2D eigenvalue weighted by atomic mass is 9.99. The van der Waals surface area contributed by atoms with Gasteiger partial charge in [0.05, 0.1) is 0 Å². The number of aryl methyl sites for hydroxylation is 2. The van der Waals surface area contributed by atoms with E-state index in [0.717, 1.165) is 6.54 Å². The molecular formula is C12H20N2. The van der Waals surface area contributed by atoms with Crippen molar-refractivity contribution in [1.82, 2.24) is 4.90 Å². The molecule has 0 heterocycles. The maximum absolute atomic E-state index is 6.11. The van der Waals surface area contributed by atoms with Crippen molar-refractivity contribution in [3.8, 4) is 0 Å². The van der Waals surface area contributed by atoms with Gasteiger partial charge in [-0.1, -0.05) is 23.8 Å². The minimum Gasteiger partial charge on any atom is -0.323 e. The topological polar surface area (TPSA) is 29.3 Å². The highest BCUT2D eigenvalue weighted by Gasteiger charge is 2.09. The van der Waals surface area contributed by atoms with Gasteiger partial charge in [0.1, 0.15) is 0 Å². The average Bonchev–Trinajstić information content (AvgIpc) is 2.01. The first-order chi connectivity index (χ1) is 6.50. The summed E-state index contributed by atoms with van der Waals surface area (Å²) in [6.07, 6.45) is 0. The lowest BCUT2D eigenvalue weighted by molar-refractivity contribution is 0.376. The molecule has 2 nitrogen and oxygen atoms in total. The van der Waals surface area contributed by atoms with Crippen molar-refractivity contribution in [3.05, 3.63) is 34.9 Å². The number of hydrogen-bond donors (Lipinski definition) is 1. The molecule has 0 aliphatic rings. The Kier molecular flexibility index (Phi) is 3.67. The lowest BCUT2D eigenvalue weighted by Gasteiger charge is -2.19. The van der Waals surface area contributed by atoms with Gasteiger partial charge < -0.3 is 10.6 Å². The molecule has 0 bridgehead atoms. The van der Waals surface area contributed by atoms with Crippen LogP contribution in [0.25, 0.3) is 0 Å². The average molecular weight is 192 g/mol. The number of benzene rings is 1. The van der Waals surface area contributed by atoms with Crippen LogP contribution in [-0.2, 0) is 0 Å². The van der Waals surface area contributed by atoms with Gasteiger partial charge in [-0.2, -0.15) is 0 Å².